The highest BCUT2D eigenvalue weighted by atomic mass is 16.5. The molecular formula is C18H16N2O2. The second-order valence-corrected chi connectivity index (χ2v) is 5.03. The molecule has 4 heteroatoms. The smallest absolute Gasteiger partial charge is 0.221 e. The second-order valence-electron chi connectivity index (χ2n) is 5.03. The van der Waals surface area contributed by atoms with Crippen molar-refractivity contribution in [1.29, 1.82) is 0 Å². The Bertz CT molecular complexity index is 815. The van der Waals surface area contributed by atoms with Crippen LogP contribution < -0.4 is 10.5 Å². The number of amides is 1. The third-order valence-corrected chi connectivity index (χ3v) is 3.37. The predicted molar refractivity (Wildman–Crippen MR) is 85.4 cm³/mol. The fourth-order valence-electron chi connectivity index (χ4n) is 2.32. The number of ether oxygens (including phenoxy) is 1. The number of primary amides is 1. The van der Waals surface area contributed by atoms with Gasteiger partial charge < -0.3 is 10.5 Å². The normalized spacial score (nSPS) is 10.5. The van der Waals surface area contributed by atoms with Gasteiger partial charge >= 0.3 is 0 Å². The molecule has 1 amide bonds. The molecule has 0 atom stereocenters. The van der Waals surface area contributed by atoms with Crippen molar-refractivity contribution in [3.05, 3.63) is 71.9 Å². The highest BCUT2D eigenvalue weighted by Gasteiger charge is 2.07. The van der Waals surface area contributed by atoms with Gasteiger partial charge in [-0.1, -0.05) is 42.5 Å². The van der Waals surface area contributed by atoms with Crippen molar-refractivity contribution in [2.75, 3.05) is 0 Å². The van der Waals surface area contributed by atoms with E-state index in [1.165, 1.54) is 0 Å². The van der Waals surface area contributed by atoms with E-state index < -0.39 is 0 Å². The minimum Gasteiger partial charge on any atom is -0.487 e. The fourth-order valence-corrected chi connectivity index (χ4v) is 2.32. The number of nitrogens with two attached hydrogens (primary N) is 1. The number of hydrogen-bond donors (Lipinski definition) is 1. The number of rotatable bonds is 5. The fraction of sp³-hybridized carbons (Fsp3) is 0.111. The zero-order valence-corrected chi connectivity index (χ0v) is 12.0. The van der Waals surface area contributed by atoms with Gasteiger partial charge in [0.2, 0.25) is 5.91 Å². The average molecular weight is 292 g/mol. The number of aromatic nitrogens is 1. The van der Waals surface area contributed by atoms with Crippen LogP contribution in [0.15, 0.2) is 60.7 Å². The van der Waals surface area contributed by atoms with Crippen LogP contribution in [0.25, 0.3) is 10.9 Å². The van der Waals surface area contributed by atoms with Gasteiger partial charge in [-0.25, -0.2) is 4.98 Å². The Morgan fingerprint density at radius 2 is 1.77 bits per heavy atom. The standard InChI is InChI=1S/C18H16N2O2/c19-18(21)11-14-6-2-4-8-17(14)22-12-15-10-9-13-5-1-3-7-16(13)20-15/h1-10H,11-12H2,(H2,19,21). The lowest BCUT2D eigenvalue weighted by Gasteiger charge is -2.10. The van der Waals surface area contributed by atoms with Crippen molar-refractivity contribution in [1.82, 2.24) is 4.98 Å². The van der Waals surface area contributed by atoms with Crippen LogP contribution in [-0.4, -0.2) is 10.9 Å². The van der Waals surface area contributed by atoms with Gasteiger partial charge in [0.05, 0.1) is 17.6 Å². The molecule has 0 fully saturated rings. The lowest BCUT2D eigenvalue weighted by molar-refractivity contribution is -0.117. The number of fused-ring (bicyclic) bond motifs is 1. The van der Waals surface area contributed by atoms with E-state index >= 15 is 0 Å². The van der Waals surface area contributed by atoms with Crippen LogP contribution in [-0.2, 0) is 17.8 Å². The molecule has 0 saturated carbocycles. The Morgan fingerprint density at radius 1 is 1.00 bits per heavy atom. The van der Waals surface area contributed by atoms with Gasteiger partial charge in [0, 0.05) is 10.9 Å². The zero-order valence-electron chi connectivity index (χ0n) is 12.0. The maximum atomic E-state index is 11.1. The van der Waals surface area contributed by atoms with Gasteiger partial charge in [0.25, 0.3) is 0 Å². The van der Waals surface area contributed by atoms with E-state index in [9.17, 15) is 4.79 Å². The van der Waals surface area contributed by atoms with Crippen molar-refractivity contribution in [2.45, 2.75) is 13.0 Å². The molecule has 0 aliphatic carbocycles. The minimum absolute atomic E-state index is 0.168. The summed E-state index contributed by atoms with van der Waals surface area (Å²) in [6.45, 7) is 0.348. The molecule has 2 aromatic carbocycles. The number of nitrogens with zero attached hydrogens (tertiary/aromatic N) is 1. The van der Waals surface area contributed by atoms with E-state index in [0.29, 0.717) is 12.4 Å². The van der Waals surface area contributed by atoms with Crippen LogP contribution in [0.4, 0.5) is 0 Å². The summed E-state index contributed by atoms with van der Waals surface area (Å²) in [5.41, 5.74) is 7.82. The number of carbonyl (C=O) groups excluding carboxylic acids is 1. The first-order chi connectivity index (χ1) is 10.7. The lowest BCUT2D eigenvalue weighted by atomic mass is 10.1. The van der Waals surface area contributed by atoms with E-state index in [2.05, 4.69) is 4.98 Å². The van der Waals surface area contributed by atoms with E-state index in [1.807, 2.05) is 60.7 Å². The van der Waals surface area contributed by atoms with Gasteiger partial charge in [-0.15, -0.1) is 0 Å². The first kappa shape index (κ1) is 14.1. The molecular weight excluding hydrogens is 276 g/mol. The van der Waals surface area contributed by atoms with Crippen LogP contribution in [0.1, 0.15) is 11.3 Å². The molecule has 4 nitrogen and oxygen atoms in total. The van der Waals surface area contributed by atoms with Gasteiger partial charge in [-0.3, -0.25) is 4.79 Å². The van der Waals surface area contributed by atoms with Crippen LogP contribution in [0.3, 0.4) is 0 Å². The summed E-state index contributed by atoms with van der Waals surface area (Å²) in [6, 6.07) is 19.3. The second kappa shape index (κ2) is 6.26. The Morgan fingerprint density at radius 3 is 2.64 bits per heavy atom. The monoisotopic (exact) mass is 292 g/mol. The van der Waals surface area contributed by atoms with Gasteiger partial charge in [-0.05, 0) is 18.2 Å². The van der Waals surface area contributed by atoms with Crippen LogP contribution in [0.2, 0.25) is 0 Å². The van der Waals surface area contributed by atoms with Crippen molar-refractivity contribution in [2.24, 2.45) is 5.73 Å². The molecule has 0 aliphatic rings. The first-order valence-electron chi connectivity index (χ1n) is 7.06. The van der Waals surface area contributed by atoms with E-state index in [1.54, 1.807) is 0 Å². The minimum atomic E-state index is -0.375. The quantitative estimate of drug-likeness (QED) is 0.786. The molecule has 2 N–H and O–H groups in total. The number of pyridine rings is 1. The summed E-state index contributed by atoms with van der Waals surface area (Å²) >= 11 is 0. The molecule has 1 heterocycles. The molecule has 0 radical (unpaired) electrons. The highest BCUT2D eigenvalue weighted by molar-refractivity contribution is 5.78. The Hall–Kier alpha value is -2.88. The van der Waals surface area contributed by atoms with E-state index in [4.69, 9.17) is 10.5 Å². The molecule has 110 valence electrons. The number of carbonyl (C=O) groups is 1. The molecule has 22 heavy (non-hydrogen) atoms. The van der Waals surface area contributed by atoms with Crippen LogP contribution >= 0.6 is 0 Å². The third-order valence-electron chi connectivity index (χ3n) is 3.37. The Balaban J connectivity index is 1.77. The Kier molecular flexibility index (Phi) is 4.01. The number of hydrogen-bond acceptors (Lipinski definition) is 3. The summed E-state index contributed by atoms with van der Waals surface area (Å²) in [6.07, 6.45) is 0.168. The van der Waals surface area contributed by atoms with Crippen molar-refractivity contribution < 1.29 is 9.53 Å². The topological polar surface area (TPSA) is 65.2 Å². The molecule has 0 saturated heterocycles. The molecule has 1 aromatic heterocycles. The largest absolute Gasteiger partial charge is 0.487 e. The summed E-state index contributed by atoms with van der Waals surface area (Å²) < 4.78 is 5.80. The Labute approximate surface area is 128 Å². The SMILES string of the molecule is NC(=O)Cc1ccccc1OCc1ccc2ccccc2n1. The third kappa shape index (κ3) is 3.23. The van der Waals surface area contributed by atoms with E-state index in [-0.39, 0.29) is 12.3 Å². The summed E-state index contributed by atoms with van der Waals surface area (Å²) in [4.78, 5) is 15.7. The first-order valence-corrected chi connectivity index (χ1v) is 7.06. The van der Waals surface area contributed by atoms with Gasteiger partial charge in [-0.2, -0.15) is 0 Å². The molecule has 0 bridgehead atoms. The van der Waals surface area contributed by atoms with Crippen LogP contribution in [0.5, 0.6) is 5.75 Å². The number of benzene rings is 2. The maximum absolute atomic E-state index is 11.1. The predicted octanol–water partition coefficient (Wildman–Crippen LogP) is 2.84. The molecule has 0 unspecified atom stereocenters. The lowest BCUT2D eigenvalue weighted by Crippen LogP contribution is -2.14. The van der Waals surface area contributed by atoms with Gasteiger partial charge in [0.1, 0.15) is 12.4 Å². The van der Waals surface area contributed by atoms with Crippen molar-refractivity contribution in [3.8, 4) is 5.75 Å². The summed E-state index contributed by atoms with van der Waals surface area (Å²) in [5.74, 6) is 0.288. The van der Waals surface area contributed by atoms with Crippen LogP contribution in [0, 0.1) is 0 Å². The molecule has 3 rings (SSSR count). The number of para-hydroxylation sites is 2. The van der Waals surface area contributed by atoms with Gasteiger partial charge in [0.15, 0.2) is 0 Å². The van der Waals surface area contributed by atoms with Crippen molar-refractivity contribution >= 4 is 16.8 Å². The highest BCUT2D eigenvalue weighted by Crippen LogP contribution is 2.20. The summed E-state index contributed by atoms with van der Waals surface area (Å²) in [7, 11) is 0. The molecule has 0 spiro atoms. The van der Waals surface area contributed by atoms with E-state index in [0.717, 1.165) is 22.2 Å². The van der Waals surface area contributed by atoms with Crippen molar-refractivity contribution in [3.63, 3.8) is 0 Å². The zero-order chi connectivity index (χ0) is 15.4. The maximum Gasteiger partial charge on any atom is 0.221 e. The summed E-state index contributed by atoms with van der Waals surface area (Å²) in [5, 5.41) is 1.10. The molecule has 0 aliphatic heterocycles. The molecule has 3 aromatic rings. The average Bonchev–Trinajstić information content (AvgIpc) is 2.53.